The van der Waals surface area contributed by atoms with Crippen molar-refractivity contribution in [3.63, 3.8) is 0 Å². The fourth-order valence-electron chi connectivity index (χ4n) is 5.20. The van der Waals surface area contributed by atoms with E-state index in [9.17, 15) is 9.59 Å². The highest BCUT2D eigenvalue weighted by Gasteiger charge is 2.08. The van der Waals surface area contributed by atoms with Crippen LogP contribution in [0, 0.1) is 0 Å². The average molecular weight is 643 g/mol. The molecule has 10 nitrogen and oxygen atoms in total. The number of nitrogens with one attached hydrogen (secondary N) is 4. The van der Waals surface area contributed by atoms with Crippen molar-refractivity contribution in [3.8, 4) is 23.0 Å². The zero-order chi connectivity index (χ0) is 33.2. The maximum absolute atomic E-state index is 12.2. The minimum Gasteiger partial charge on any atom is -0.497 e. The normalized spacial score (nSPS) is 10.8. The molecular formula is C36H58N4O6. The van der Waals surface area contributed by atoms with Crippen LogP contribution in [0.15, 0.2) is 36.4 Å². The van der Waals surface area contributed by atoms with E-state index >= 15 is 0 Å². The van der Waals surface area contributed by atoms with Crippen molar-refractivity contribution in [2.75, 3.05) is 67.7 Å². The number of carbonyl (C=O) groups excluding carboxylic acids is 2. The average Bonchev–Trinajstić information content (AvgIpc) is 3.07. The molecule has 46 heavy (non-hydrogen) atoms. The van der Waals surface area contributed by atoms with Gasteiger partial charge in [0, 0.05) is 25.9 Å². The molecule has 4 N–H and O–H groups in total. The molecule has 0 aliphatic carbocycles. The molecule has 10 heteroatoms. The van der Waals surface area contributed by atoms with Gasteiger partial charge in [-0.05, 0) is 125 Å². The van der Waals surface area contributed by atoms with Gasteiger partial charge < -0.3 is 40.2 Å². The Bertz CT molecular complexity index is 1040. The van der Waals surface area contributed by atoms with E-state index in [0.29, 0.717) is 25.9 Å². The topological polar surface area (TPSA) is 119 Å². The smallest absolute Gasteiger partial charge is 0.220 e. The highest BCUT2D eigenvalue weighted by atomic mass is 16.5. The van der Waals surface area contributed by atoms with Gasteiger partial charge in [0.2, 0.25) is 11.8 Å². The number of hydrogen-bond acceptors (Lipinski definition) is 8. The van der Waals surface area contributed by atoms with Gasteiger partial charge in [-0.2, -0.15) is 0 Å². The summed E-state index contributed by atoms with van der Waals surface area (Å²) in [5, 5.41) is 13.0. The van der Waals surface area contributed by atoms with E-state index < -0.39 is 0 Å². The lowest BCUT2D eigenvalue weighted by molar-refractivity contribution is -0.122. The largest absolute Gasteiger partial charge is 0.497 e. The lowest BCUT2D eigenvalue weighted by Gasteiger charge is -2.11. The number of amides is 2. The van der Waals surface area contributed by atoms with E-state index in [1.54, 1.807) is 28.4 Å². The Labute approximate surface area is 276 Å². The molecule has 0 bridgehead atoms. The summed E-state index contributed by atoms with van der Waals surface area (Å²) in [6.45, 7) is 5.24. The van der Waals surface area contributed by atoms with Gasteiger partial charge in [-0.15, -0.1) is 0 Å². The fourth-order valence-corrected chi connectivity index (χ4v) is 5.20. The zero-order valence-electron chi connectivity index (χ0n) is 28.6. The second kappa shape index (κ2) is 24.7. The molecule has 0 saturated heterocycles. The first-order valence-corrected chi connectivity index (χ1v) is 16.9. The highest BCUT2D eigenvalue weighted by molar-refractivity contribution is 5.76. The van der Waals surface area contributed by atoms with Gasteiger partial charge in [0.05, 0.1) is 28.4 Å². The summed E-state index contributed by atoms with van der Waals surface area (Å²) >= 11 is 0. The summed E-state index contributed by atoms with van der Waals surface area (Å²) < 4.78 is 21.4. The lowest BCUT2D eigenvalue weighted by atomic mass is 10.1. The van der Waals surface area contributed by atoms with Crippen LogP contribution >= 0.6 is 0 Å². The molecule has 258 valence electrons. The second-order valence-electron chi connectivity index (χ2n) is 11.4. The van der Waals surface area contributed by atoms with Gasteiger partial charge in [0.1, 0.15) is 23.0 Å². The van der Waals surface area contributed by atoms with Gasteiger partial charge in [0.25, 0.3) is 0 Å². The number of hydrogen-bond donors (Lipinski definition) is 4. The standard InChI is InChI=1S/C36H58N4O6/c1-43-31-17-19-33(45-3)29(27-31)13-9-15-35(41)39-25-11-23-37-21-7-5-6-8-22-38-24-12-26-40-36(42)16-10-14-30-28-32(44-2)18-20-34(30)46-4/h17-20,27-28,37-38H,5-16,21-26H2,1-4H3,(H,39,41)(H,40,42). The van der Waals surface area contributed by atoms with Crippen molar-refractivity contribution in [2.24, 2.45) is 0 Å². The van der Waals surface area contributed by atoms with Crippen LogP contribution in [0.5, 0.6) is 23.0 Å². The predicted octanol–water partition coefficient (Wildman–Crippen LogP) is 4.82. The molecule has 0 radical (unpaired) electrons. The molecule has 0 spiro atoms. The maximum atomic E-state index is 12.2. The maximum Gasteiger partial charge on any atom is 0.220 e. The lowest BCUT2D eigenvalue weighted by Crippen LogP contribution is -2.27. The summed E-state index contributed by atoms with van der Waals surface area (Å²) in [6, 6.07) is 11.5. The van der Waals surface area contributed by atoms with Crippen molar-refractivity contribution in [3.05, 3.63) is 47.5 Å². The summed E-state index contributed by atoms with van der Waals surface area (Å²) in [4.78, 5) is 24.3. The Hall–Kier alpha value is -3.50. The molecule has 0 atom stereocenters. The molecule has 0 fully saturated rings. The molecule has 2 rings (SSSR count). The summed E-state index contributed by atoms with van der Waals surface area (Å²) in [5.41, 5.74) is 2.12. The third-order valence-electron chi connectivity index (χ3n) is 7.84. The first-order chi connectivity index (χ1) is 22.5. The molecular weight excluding hydrogens is 584 g/mol. The first-order valence-electron chi connectivity index (χ1n) is 16.9. The molecule has 2 aromatic carbocycles. The number of ether oxygens (including phenoxy) is 4. The van der Waals surface area contributed by atoms with Crippen molar-refractivity contribution in [2.45, 2.75) is 77.0 Å². The van der Waals surface area contributed by atoms with E-state index in [2.05, 4.69) is 21.3 Å². The Balaban J connectivity index is 1.33. The summed E-state index contributed by atoms with van der Waals surface area (Å²) in [7, 11) is 6.61. The van der Waals surface area contributed by atoms with Crippen molar-refractivity contribution in [1.29, 1.82) is 0 Å². The number of carbonyl (C=O) groups is 2. The number of benzene rings is 2. The third-order valence-corrected chi connectivity index (χ3v) is 7.84. The third kappa shape index (κ3) is 16.7. The van der Waals surface area contributed by atoms with E-state index in [1.165, 1.54) is 12.8 Å². The van der Waals surface area contributed by atoms with E-state index in [1.807, 2.05) is 36.4 Å². The number of aryl methyl sites for hydroxylation is 2. The van der Waals surface area contributed by atoms with E-state index in [4.69, 9.17) is 18.9 Å². The van der Waals surface area contributed by atoms with Crippen LogP contribution < -0.4 is 40.2 Å². The van der Waals surface area contributed by atoms with Gasteiger partial charge in [-0.3, -0.25) is 9.59 Å². The molecule has 2 aromatic rings. The second-order valence-corrected chi connectivity index (χ2v) is 11.4. The van der Waals surface area contributed by atoms with Crippen LogP contribution in [0.2, 0.25) is 0 Å². The molecule has 0 saturated carbocycles. The minimum absolute atomic E-state index is 0.0957. The van der Waals surface area contributed by atoms with Crippen LogP contribution in [0.4, 0.5) is 0 Å². The van der Waals surface area contributed by atoms with Crippen LogP contribution in [-0.4, -0.2) is 79.5 Å². The van der Waals surface area contributed by atoms with Crippen molar-refractivity contribution < 1.29 is 28.5 Å². The Morgan fingerprint density at radius 2 is 0.913 bits per heavy atom. The number of methoxy groups -OCH3 is 4. The zero-order valence-corrected chi connectivity index (χ0v) is 28.6. The van der Waals surface area contributed by atoms with Crippen molar-refractivity contribution in [1.82, 2.24) is 21.3 Å². The minimum atomic E-state index is 0.0957. The molecule has 0 heterocycles. The monoisotopic (exact) mass is 642 g/mol. The quantitative estimate of drug-likeness (QED) is 0.103. The highest BCUT2D eigenvalue weighted by Crippen LogP contribution is 2.26. The Kier molecular flexibility index (Phi) is 20.8. The molecule has 0 aliphatic heterocycles. The SMILES string of the molecule is COc1ccc(OC)c(CCCC(=O)NCCCNCCCCCCNCCCNC(=O)CCCc2cc(OC)ccc2OC)c1. The Morgan fingerprint density at radius 1 is 0.500 bits per heavy atom. The molecule has 0 unspecified atom stereocenters. The van der Waals surface area contributed by atoms with Gasteiger partial charge in [-0.1, -0.05) is 12.8 Å². The van der Waals surface area contributed by atoms with Crippen LogP contribution in [0.3, 0.4) is 0 Å². The summed E-state index contributed by atoms with van der Waals surface area (Å²) in [6.07, 6.45) is 10.7. The van der Waals surface area contributed by atoms with Gasteiger partial charge >= 0.3 is 0 Å². The predicted molar refractivity (Wildman–Crippen MR) is 184 cm³/mol. The summed E-state index contributed by atoms with van der Waals surface area (Å²) in [5.74, 6) is 3.44. The van der Waals surface area contributed by atoms with Gasteiger partial charge in [0.15, 0.2) is 0 Å². The van der Waals surface area contributed by atoms with E-state index in [-0.39, 0.29) is 11.8 Å². The van der Waals surface area contributed by atoms with Crippen molar-refractivity contribution >= 4 is 11.8 Å². The molecule has 0 aliphatic rings. The van der Waals surface area contributed by atoms with Crippen LogP contribution in [-0.2, 0) is 22.4 Å². The number of rotatable bonds is 27. The molecule has 0 aromatic heterocycles. The van der Waals surface area contributed by atoms with Crippen LogP contribution in [0.25, 0.3) is 0 Å². The Morgan fingerprint density at radius 3 is 1.30 bits per heavy atom. The van der Waals surface area contributed by atoms with Crippen LogP contribution in [0.1, 0.15) is 75.3 Å². The number of unbranched alkanes of at least 4 members (excludes halogenated alkanes) is 3. The van der Waals surface area contributed by atoms with E-state index in [0.717, 1.165) is 112 Å². The first kappa shape index (κ1) is 38.7. The molecule has 2 amide bonds. The fraction of sp³-hybridized carbons (Fsp3) is 0.611. The van der Waals surface area contributed by atoms with Gasteiger partial charge in [-0.25, -0.2) is 0 Å².